The second-order valence-electron chi connectivity index (χ2n) is 5.07. The summed E-state index contributed by atoms with van der Waals surface area (Å²) in [5.74, 6) is 0.317. The fraction of sp³-hybridized carbons (Fsp3) is 0.692. The Morgan fingerprint density at radius 3 is 2.74 bits per heavy atom. The first-order chi connectivity index (χ1) is 8.97. The maximum atomic E-state index is 12.0. The molecule has 0 bridgehead atoms. The Bertz CT molecular complexity index is 460. The highest BCUT2D eigenvalue weighted by atomic mass is 79.9. The van der Waals surface area contributed by atoms with Gasteiger partial charge >= 0.3 is 0 Å². The van der Waals surface area contributed by atoms with Gasteiger partial charge in [-0.1, -0.05) is 6.92 Å². The lowest BCUT2D eigenvalue weighted by Gasteiger charge is -2.13. The average molecular weight is 332 g/mol. The number of hydrogen-bond acceptors (Lipinski definition) is 4. The molecule has 5 nitrogen and oxygen atoms in total. The molecule has 1 aromatic rings. The zero-order valence-electron chi connectivity index (χ0n) is 11.7. The van der Waals surface area contributed by atoms with E-state index in [0.717, 1.165) is 25.1 Å². The normalized spacial score (nSPS) is 12.7. The molecule has 108 valence electrons. The molecule has 1 unspecified atom stereocenters. The van der Waals surface area contributed by atoms with Gasteiger partial charge in [0.1, 0.15) is 4.47 Å². The number of hydrogen-bond donors (Lipinski definition) is 2. The zero-order valence-corrected chi connectivity index (χ0v) is 13.3. The summed E-state index contributed by atoms with van der Waals surface area (Å²) in [5.41, 5.74) is 0.599. The molecule has 1 aromatic heterocycles. The maximum Gasteiger partial charge on any atom is 0.283 e. The smallest absolute Gasteiger partial charge is 0.283 e. The fourth-order valence-electron chi connectivity index (χ4n) is 1.70. The molecule has 0 saturated carbocycles. The van der Waals surface area contributed by atoms with Crippen LogP contribution in [0.4, 0.5) is 5.69 Å². The predicted octanol–water partition coefficient (Wildman–Crippen LogP) is 2.41. The Hall–Kier alpha value is -0.880. The van der Waals surface area contributed by atoms with Gasteiger partial charge in [0.2, 0.25) is 0 Å². The summed E-state index contributed by atoms with van der Waals surface area (Å²) < 4.78 is 1.97. The third kappa shape index (κ3) is 4.62. The molecule has 0 saturated heterocycles. The van der Waals surface area contributed by atoms with Crippen molar-refractivity contribution in [1.82, 2.24) is 9.78 Å². The monoisotopic (exact) mass is 331 g/mol. The number of nitrogens with one attached hydrogen (secondary N) is 1. The van der Waals surface area contributed by atoms with Crippen LogP contribution < -0.4 is 10.9 Å². The van der Waals surface area contributed by atoms with Crippen LogP contribution in [0.25, 0.3) is 0 Å². The van der Waals surface area contributed by atoms with E-state index in [0.29, 0.717) is 10.4 Å². The highest BCUT2D eigenvalue weighted by Gasteiger charge is 2.10. The highest BCUT2D eigenvalue weighted by molar-refractivity contribution is 9.10. The summed E-state index contributed by atoms with van der Waals surface area (Å²) in [7, 11) is 0. The molecule has 0 radical (unpaired) electrons. The van der Waals surface area contributed by atoms with Gasteiger partial charge in [0.15, 0.2) is 0 Å². The van der Waals surface area contributed by atoms with Crippen LogP contribution in [-0.4, -0.2) is 28.0 Å². The number of nitrogens with zero attached hydrogens (tertiary/aromatic N) is 2. The predicted molar refractivity (Wildman–Crippen MR) is 80.6 cm³/mol. The van der Waals surface area contributed by atoms with Crippen molar-refractivity contribution in [3.05, 3.63) is 21.0 Å². The average Bonchev–Trinajstić information content (AvgIpc) is 2.38. The topological polar surface area (TPSA) is 67.2 Å². The number of anilines is 1. The van der Waals surface area contributed by atoms with Crippen LogP contribution in [-0.2, 0) is 0 Å². The van der Waals surface area contributed by atoms with Crippen LogP contribution >= 0.6 is 15.9 Å². The van der Waals surface area contributed by atoms with Gasteiger partial charge in [0, 0.05) is 13.2 Å². The minimum atomic E-state index is -0.122. The van der Waals surface area contributed by atoms with Gasteiger partial charge in [-0.2, -0.15) is 5.10 Å². The van der Waals surface area contributed by atoms with Crippen LogP contribution in [0.2, 0.25) is 0 Å². The van der Waals surface area contributed by atoms with Gasteiger partial charge in [-0.15, -0.1) is 0 Å². The SMILES string of the molecule is CC(CO)CCCNc1cnn(C(C)C)c(=O)c1Br. The molecule has 6 heteroatoms. The van der Waals surface area contributed by atoms with E-state index in [1.54, 1.807) is 6.20 Å². The number of rotatable bonds is 7. The largest absolute Gasteiger partial charge is 0.396 e. The van der Waals surface area contributed by atoms with Crippen molar-refractivity contribution < 1.29 is 5.11 Å². The van der Waals surface area contributed by atoms with E-state index in [1.165, 1.54) is 4.68 Å². The standard InChI is InChI=1S/C13H22BrN3O2/c1-9(2)17-13(19)12(14)11(7-16-17)15-6-4-5-10(3)8-18/h7,9-10,15,18H,4-6,8H2,1-3H3. The van der Waals surface area contributed by atoms with E-state index in [4.69, 9.17) is 5.11 Å². The molecule has 1 rings (SSSR count). The molecule has 1 heterocycles. The molecule has 0 fully saturated rings. The highest BCUT2D eigenvalue weighted by Crippen LogP contribution is 2.17. The Labute approximate surface area is 122 Å². The van der Waals surface area contributed by atoms with Crippen molar-refractivity contribution in [3.8, 4) is 0 Å². The van der Waals surface area contributed by atoms with E-state index >= 15 is 0 Å². The quantitative estimate of drug-likeness (QED) is 0.753. The molecule has 0 aliphatic carbocycles. The van der Waals surface area contributed by atoms with Gasteiger partial charge in [-0.25, -0.2) is 4.68 Å². The van der Waals surface area contributed by atoms with Gasteiger partial charge in [0.05, 0.1) is 17.9 Å². The zero-order chi connectivity index (χ0) is 14.4. The minimum Gasteiger partial charge on any atom is -0.396 e. The number of aromatic nitrogens is 2. The van der Waals surface area contributed by atoms with E-state index in [1.807, 2.05) is 20.8 Å². The third-order valence-electron chi connectivity index (χ3n) is 2.93. The van der Waals surface area contributed by atoms with Crippen LogP contribution in [0, 0.1) is 5.92 Å². The van der Waals surface area contributed by atoms with Crippen LogP contribution in [0.5, 0.6) is 0 Å². The van der Waals surface area contributed by atoms with Crippen LogP contribution in [0.1, 0.15) is 39.7 Å². The van der Waals surface area contributed by atoms with Crippen molar-refractivity contribution in [3.63, 3.8) is 0 Å². The third-order valence-corrected chi connectivity index (χ3v) is 3.70. The lowest BCUT2D eigenvalue weighted by atomic mass is 10.1. The van der Waals surface area contributed by atoms with E-state index in [9.17, 15) is 4.79 Å². The lowest BCUT2D eigenvalue weighted by molar-refractivity contribution is 0.229. The maximum absolute atomic E-state index is 12.0. The lowest BCUT2D eigenvalue weighted by Crippen LogP contribution is -2.26. The number of aliphatic hydroxyl groups excluding tert-OH is 1. The fourth-order valence-corrected chi connectivity index (χ4v) is 2.13. The number of aliphatic hydroxyl groups is 1. The van der Waals surface area contributed by atoms with Crippen molar-refractivity contribution in [2.45, 2.75) is 39.7 Å². The van der Waals surface area contributed by atoms with Crippen molar-refractivity contribution >= 4 is 21.6 Å². The first-order valence-corrected chi connectivity index (χ1v) is 7.38. The molecule has 0 amide bonds. The summed E-state index contributed by atoms with van der Waals surface area (Å²) >= 11 is 3.32. The van der Waals surface area contributed by atoms with E-state index < -0.39 is 0 Å². The summed E-state index contributed by atoms with van der Waals surface area (Å²) in [6.07, 6.45) is 3.57. The molecular formula is C13H22BrN3O2. The van der Waals surface area contributed by atoms with Crippen molar-refractivity contribution in [2.75, 3.05) is 18.5 Å². The van der Waals surface area contributed by atoms with E-state index in [2.05, 4.69) is 26.3 Å². The summed E-state index contributed by atoms with van der Waals surface area (Å²) in [4.78, 5) is 12.0. The second kappa shape index (κ2) is 7.65. The molecular weight excluding hydrogens is 310 g/mol. The molecule has 0 aliphatic rings. The summed E-state index contributed by atoms with van der Waals surface area (Å²) in [5, 5.41) is 16.3. The summed E-state index contributed by atoms with van der Waals surface area (Å²) in [6, 6.07) is 0.0447. The van der Waals surface area contributed by atoms with Crippen LogP contribution in [0.3, 0.4) is 0 Å². The summed E-state index contributed by atoms with van der Waals surface area (Å²) in [6.45, 7) is 6.83. The molecule has 2 N–H and O–H groups in total. The van der Waals surface area contributed by atoms with Gasteiger partial charge < -0.3 is 10.4 Å². The molecule has 19 heavy (non-hydrogen) atoms. The first-order valence-electron chi connectivity index (χ1n) is 6.59. The van der Waals surface area contributed by atoms with Gasteiger partial charge in [-0.05, 0) is 48.5 Å². The molecule has 0 aliphatic heterocycles. The van der Waals surface area contributed by atoms with E-state index in [-0.39, 0.29) is 18.2 Å². The Kier molecular flexibility index (Phi) is 6.51. The van der Waals surface area contributed by atoms with Gasteiger partial charge in [0.25, 0.3) is 5.56 Å². The Balaban J connectivity index is 2.61. The number of halogens is 1. The Morgan fingerprint density at radius 1 is 1.47 bits per heavy atom. The molecule has 0 spiro atoms. The van der Waals surface area contributed by atoms with Crippen molar-refractivity contribution in [2.24, 2.45) is 5.92 Å². The minimum absolute atomic E-state index is 0.0447. The Morgan fingerprint density at radius 2 is 2.16 bits per heavy atom. The van der Waals surface area contributed by atoms with Gasteiger partial charge in [-0.3, -0.25) is 4.79 Å². The first kappa shape index (κ1) is 16.2. The second-order valence-corrected chi connectivity index (χ2v) is 5.87. The van der Waals surface area contributed by atoms with Crippen LogP contribution in [0.15, 0.2) is 15.5 Å². The molecule has 1 atom stereocenters. The molecule has 0 aromatic carbocycles. The van der Waals surface area contributed by atoms with Crippen molar-refractivity contribution in [1.29, 1.82) is 0 Å².